The summed E-state index contributed by atoms with van der Waals surface area (Å²) >= 11 is 0. The second-order valence-corrected chi connectivity index (χ2v) is 5.94. The molecule has 3 rings (SSSR count). The molecule has 0 spiro atoms. The third-order valence-electron chi connectivity index (χ3n) is 3.94. The van der Waals surface area contributed by atoms with Crippen LogP contribution in [-0.4, -0.2) is 11.9 Å². The van der Waals surface area contributed by atoms with Gasteiger partial charge in [0.15, 0.2) is 0 Å². The molecule has 0 aliphatic heterocycles. The standard InChI is InChI=1S/C19H18FN3O/c20-15-5-3-14(4-6-15)18(19(24)23-17-9-10-17)22-16-7-1-13(2-8-16)11-12-21/h1-8,17-18,22H,9-11H2,(H,23,24)/t18-/m1/s1. The molecule has 1 amide bonds. The average Bonchev–Trinajstić information content (AvgIpc) is 3.39. The second-order valence-electron chi connectivity index (χ2n) is 5.94. The Morgan fingerprint density at radius 2 is 1.83 bits per heavy atom. The van der Waals surface area contributed by atoms with Gasteiger partial charge in [0.25, 0.3) is 0 Å². The van der Waals surface area contributed by atoms with Crippen molar-refractivity contribution in [1.29, 1.82) is 5.26 Å². The fourth-order valence-electron chi connectivity index (χ4n) is 2.44. The van der Waals surface area contributed by atoms with Crippen molar-refractivity contribution < 1.29 is 9.18 Å². The first kappa shape index (κ1) is 16.0. The predicted octanol–water partition coefficient (Wildman–Crippen LogP) is 3.32. The van der Waals surface area contributed by atoms with Gasteiger partial charge in [0.2, 0.25) is 5.91 Å². The molecule has 1 fully saturated rings. The maximum atomic E-state index is 13.2. The molecule has 24 heavy (non-hydrogen) atoms. The fraction of sp³-hybridized carbons (Fsp3) is 0.263. The lowest BCUT2D eigenvalue weighted by Gasteiger charge is -2.20. The molecule has 2 aromatic carbocycles. The van der Waals surface area contributed by atoms with Crippen LogP contribution < -0.4 is 10.6 Å². The van der Waals surface area contributed by atoms with Crippen molar-refractivity contribution in [2.24, 2.45) is 0 Å². The maximum absolute atomic E-state index is 13.2. The number of amides is 1. The number of hydrogen-bond acceptors (Lipinski definition) is 3. The lowest BCUT2D eigenvalue weighted by atomic mass is 10.0. The molecule has 0 saturated heterocycles. The monoisotopic (exact) mass is 323 g/mol. The van der Waals surface area contributed by atoms with Gasteiger partial charge in [-0.15, -0.1) is 0 Å². The van der Waals surface area contributed by atoms with Gasteiger partial charge in [-0.3, -0.25) is 4.79 Å². The smallest absolute Gasteiger partial charge is 0.247 e. The number of benzene rings is 2. The Kier molecular flexibility index (Phi) is 4.76. The van der Waals surface area contributed by atoms with Crippen LogP contribution >= 0.6 is 0 Å². The van der Waals surface area contributed by atoms with E-state index in [0.29, 0.717) is 12.0 Å². The van der Waals surface area contributed by atoms with Crippen molar-refractivity contribution >= 4 is 11.6 Å². The molecular formula is C19H18FN3O. The van der Waals surface area contributed by atoms with Crippen molar-refractivity contribution in [2.45, 2.75) is 31.3 Å². The molecule has 1 saturated carbocycles. The summed E-state index contributed by atoms with van der Waals surface area (Å²) in [4.78, 5) is 12.5. The molecule has 0 unspecified atom stereocenters. The van der Waals surface area contributed by atoms with E-state index in [0.717, 1.165) is 24.1 Å². The molecule has 0 radical (unpaired) electrons. The summed E-state index contributed by atoms with van der Waals surface area (Å²) < 4.78 is 13.2. The summed E-state index contributed by atoms with van der Waals surface area (Å²) in [5, 5.41) is 14.9. The van der Waals surface area contributed by atoms with E-state index in [9.17, 15) is 9.18 Å². The fourth-order valence-corrected chi connectivity index (χ4v) is 2.44. The summed E-state index contributed by atoms with van der Waals surface area (Å²) in [5.41, 5.74) is 2.40. The van der Waals surface area contributed by atoms with Crippen LogP contribution in [0.4, 0.5) is 10.1 Å². The first-order chi connectivity index (χ1) is 11.7. The summed E-state index contributed by atoms with van der Waals surface area (Å²) in [6.07, 6.45) is 2.36. The quantitative estimate of drug-likeness (QED) is 0.857. The highest BCUT2D eigenvalue weighted by atomic mass is 19.1. The van der Waals surface area contributed by atoms with Crippen LogP contribution in [0.25, 0.3) is 0 Å². The summed E-state index contributed by atoms with van der Waals surface area (Å²) in [6, 6.07) is 15.1. The highest BCUT2D eigenvalue weighted by Crippen LogP contribution is 2.24. The van der Waals surface area contributed by atoms with E-state index in [-0.39, 0.29) is 17.8 Å². The molecule has 1 atom stereocenters. The second kappa shape index (κ2) is 7.14. The van der Waals surface area contributed by atoms with Gasteiger partial charge in [-0.1, -0.05) is 24.3 Å². The van der Waals surface area contributed by atoms with Gasteiger partial charge in [-0.05, 0) is 48.2 Å². The molecule has 0 aromatic heterocycles. The Bertz CT molecular complexity index is 746. The number of nitrogens with zero attached hydrogens (tertiary/aromatic N) is 1. The third kappa shape index (κ3) is 4.11. The third-order valence-corrected chi connectivity index (χ3v) is 3.94. The van der Waals surface area contributed by atoms with Crippen LogP contribution in [0, 0.1) is 17.1 Å². The van der Waals surface area contributed by atoms with Crippen molar-refractivity contribution in [3.63, 3.8) is 0 Å². The number of carbonyl (C=O) groups is 1. The van der Waals surface area contributed by atoms with Crippen molar-refractivity contribution in [3.8, 4) is 6.07 Å². The van der Waals surface area contributed by atoms with E-state index < -0.39 is 6.04 Å². The number of hydrogen-bond donors (Lipinski definition) is 2. The minimum atomic E-state index is -0.590. The highest BCUT2D eigenvalue weighted by Gasteiger charge is 2.28. The Balaban J connectivity index is 1.79. The Hall–Kier alpha value is -2.87. The van der Waals surface area contributed by atoms with E-state index in [4.69, 9.17) is 5.26 Å². The molecule has 122 valence electrons. The number of nitrogens with one attached hydrogen (secondary N) is 2. The van der Waals surface area contributed by atoms with Gasteiger partial charge in [0.05, 0.1) is 12.5 Å². The summed E-state index contributed by atoms with van der Waals surface area (Å²) in [6.45, 7) is 0. The molecule has 2 N–H and O–H groups in total. The zero-order chi connectivity index (χ0) is 16.9. The van der Waals surface area contributed by atoms with Gasteiger partial charge >= 0.3 is 0 Å². The molecule has 5 heteroatoms. The maximum Gasteiger partial charge on any atom is 0.247 e. The molecule has 0 bridgehead atoms. The minimum absolute atomic E-state index is 0.120. The predicted molar refractivity (Wildman–Crippen MR) is 89.7 cm³/mol. The van der Waals surface area contributed by atoms with E-state index in [1.54, 1.807) is 12.1 Å². The number of halogens is 1. The number of rotatable bonds is 6. The van der Waals surface area contributed by atoms with Gasteiger partial charge in [-0.25, -0.2) is 4.39 Å². The Morgan fingerprint density at radius 1 is 1.17 bits per heavy atom. The van der Waals surface area contributed by atoms with Crippen LogP contribution in [0.2, 0.25) is 0 Å². The molecular weight excluding hydrogens is 305 g/mol. The van der Waals surface area contributed by atoms with Crippen molar-refractivity contribution in [1.82, 2.24) is 5.32 Å². The molecule has 1 aliphatic carbocycles. The zero-order valence-electron chi connectivity index (χ0n) is 13.1. The SMILES string of the molecule is N#CCc1ccc(N[C@@H](C(=O)NC2CC2)c2ccc(F)cc2)cc1. The lowest BCUT2D eigenvalue weighted by molar-refractivity contribution is -0.122. The molecule has 1 aliphatic rings. The number of carbonyl (C=O) groups excluding carboxylic acids is 1. The Morgan fingerprint density at radius 3 is 2.42 bits per heavy atom. The first-order valence-corrected chi connectivity index (χ1v) is 7.94. The minimum Gasteiger partial charge on any atom is -0.370 e. The van der Waals surface area contributed by atoms with Crippen LogP contribution in [0.15, 0.2) is 48.5 Å². The van der Waals surface area contributed by atoms with Gasteiger partial charge in [0, 0.05) is 11.7 Å². The van der Waals surface area contributed by atoms with Gasteiger partial charge in [0.1, 0.15) is 11.9 Å². The van der Waals surface area contributed by atoms with E-state index in [2.05, 4.69) is 16.7 Å². The molecule has 4 nitrogen and oxygen atoms in total. The first-order valence-electron chi connectivity index (χ1n) is 7.94. The largest absolute Gasteiger partial charge is 0.370 e. The highest BCUT2D eigenvalue weighted by molar-refractivity contribution is 5.86. The number of nitriles is 1. The van der Waals surface area contributed by atoms with Gasteiger partial charge < -0.3 is 10.6 Å². The zero-order valence-corrected chi connectivity index (χ0v) is 13.1. The van der Waals surface area contributed by atoms with E-state index in [1.165, 1.54) is 12.1 Å². The molecule has 0 heterocycles. The summed E-state index contributed by atoms with van der Waals surface area (Å²) in [7, 11) is 0. The number of anilines is 1. The van der Waals surface area contributed by atoms with Crippen molar-refractivity contribution in [3.05, 3.63) is 65.5 Å². The lowest BCUT2D eigenvalue weighted by Crippen LogP contribution is -2.34. The summed E-state index contributed by atoms with van der Waals surface area (Å²) in [5.74, 6) is -0.453. The average molecular weight is 323 g/mol. The topological polar surface area (TPSA) is 64.9 Å². The van der Waals surface area contributed by atoms with Crippen molar-refractivity contribution in [2.75, 3.05) is 5.32 Å². The van der Waals surface area contributed by atoms with E-state index >= 15 is 0 Å². The Labute approximate surface area is 140 Å². The van der Waals surface area contributed by atoms with Crippen LogP contribution in [0.5, 0.6) is 0 Å². The van der Waals surface area contributed by atoms with E-state index in [1.807, 2.05) is 24.3 Å². The molecule has 2 aromatic rings. The van der Waals surface area contributed by atoms with Crippen LogP contribution in [0.3, 0.4) is 0 Å². The van der Waals surface area contributed by atoms with Gasteiger partial charge in [-0.2, -0.15) is 5.26 Å². The van der Waals surface area contributed by atoms with Crippen LogP contribution in [-0.2, 0) is 11.2 Å². The van der Waals surface area contributed by atoms with Crippen LogP contribution in [0.1, 0.15) is 30.0 Å². The normalized spacial score (nSPS) is 14.5.